The molecule has 1 heterocycles. The molecular weight excluding hydrogens is 220 g/mol. The van der Waals surface area contributed by atoms with E-state index >= 15 is 0 Å². The molecule has 0 radical (unpaired) electrons. The standard InChI is InChI=1S/C12H26N2OS/c1-12(2)10-14(6-7-15-12)11(9-13)5-4-8-16-3/h11H,4-10,13H2,1-3H3. The zero-order chi connectivity index (χ0) is 12.0. The molecule has 1 atom stereocenters. The molecule has 1 saturated heterocycles. The fourth-order valence-electron chi connectivity index (χ4n) is 2.28. The summed E-state index contributed by atoms with van der Waals surface area (Å²) in [4.78, 5) is 2.50. The second-order valence-electron chi connectivity index (χ2n) is 5.10. The summed E-state index contributed by atoms with van der Waals surface area (Å²) in [6, 6.07) is 0.537. The van der Waals surface area contributed by atoms with Gasteiger partial charge in [-0.15, -0.1) is 0 Å². The van der Waals surface area contributed by atoms with E-state index in [-0.39, 0.29) is 5.60 Å². The minimum atomic E-state index is -0.00875. The Kier molecular flexibility index (Phi) is 6.11. The van der Waals surface area contributed by atoms with Crippen molar-refractivity contribution in [2.75, 3.05) is 38.2 Å². The average Bonchev–Trinajstić information content (AvgIpc) is 2.23. The number of morpholine rings is 1. The summed E-state index contributed by atoms with van der Waals surface area (Å²) in [7, 11) is 0. The van der Waals surface area contributed by atoms with Gasteiger partial charge in [0.15, 0.2) is 0 Å². The molecular formula is C12H26N2OS. The topological polar surface area (TPSA) is 38.5 Å². The summed E-state index contributed by atoms with van der Waals surface area (Å²) in [5.41, 5.74) is 5.88. The predicted molar refractivity (Wildman–Crippen MR) is 72.1 cm³/mol. The van der Waals surface area contributed by atoms with E-state index in [0.29, 0.717) is 6.04 Å². The molecule has 0 saturated carbocycles. The fourth-order valence-corrected chi connectivity index (χ4v) is 2.73. The average molecular weight is 246 g/mol. The summed E-state index contributed by atoms with van der Waals surface area (Å²) >= 11 is 1.92. The molecule has 0 aromatic rings. The maximum Gasteiger partial charge on any atom is 0.0753 e. The van der Waals surface area contributed by atoms with Gasteiger partial charge in [0.1, 0.15) is 0 Å². The van der Waals surface area contributed by atoms with E-state index < -0.39 is 0 Å². The van der Waals surface area contributed by atoms with Gasteiger partial charge in [-0.2, -0.15) is 11.8 Å². The van der Waals surface area contributed by atoms with Gasteiger partial charge in [-0.3, -0.25) is 4.90 Å². The zero-order valence-corrected chi connectivity index (χ0v) is 11.7. The lowest BCUT2D eigenvalue weighted by Gasteiger charge is -2.42. The van der Waals surface area contributed by atoms with E-state index in [4.69, 9.17) is 10.5 Å². The van der Waals surface area contributed by atoms with Crippen LogP contribution in [-0.2, 0) is 4.74 Å². The first-order valence-corrected chi connectivity index (χ1v) is 7.55. The van der Waals surface area contributed by atoms with Gasteiger partial charge in [0.05, 0.1) is 12.2 Å². The molecule has 0 aliphatic carbocycles. The third kappa shape index (κ3) is 4.62. The molecule has 16 heavy (non-hydrogen) atoms. The van der Waals surface area contributed by atoms with Crippen LogP contribution in [0.15, 0.2) is 0 Å². The van der Waals surface area contributed by atoms with Crippen LogP contribution < -0.4 is 5.73 Å². The number of hydrogen-bond donors (Lipinski definition) is 1. The van der Waals surface area contributed by atoms with Crippen LogP contribution in [0.3, 0.4) is 0 Å². The molecule has 0 aromatic heterocycles. The molecule has 2 N–H and O–H groups in total. The third-order valence-corrected chi connectivity index (χ3v) is 3.83. The van der Waals surface area contributed by atoms with Gasteiger partial charge >= 0.3 is 0 Å². The number of rotatable bonds is 6. The molecule has 1 rings (SSSR count). The van der Waals surface area contributed by atoms with Crippen LogP contribution in [-0.4, -0.2) is 54.8 Å². The van der Waals surface area contributed by atoms with Gasteiger partial charge in [-0.05, 0) is 38.7 Å². The molecule has 0 amide bonds. The molecule has 0 spiro atoms. The van der Waals surface area contributed by atoms with E-state index in [0.717, 1.165) is 26.2 Å². The molecule has 0 bridgehead atoms. The Morgan fingerprint density at radius 3 is 2.81 bits per heavy atom. The predicted octanol–water partition coefficient (Wildman–Crippen LogP) is 1.57. The Morgan fingerprint density at radius 1 is 1.50 bits per heavy atom. The minimum absolute atomic E-state index is 0.00875. The number of hydrogen-bond acceptors (Lipinski definition) is 4. The van der Waals surface area contributed by atoms with Gasteiger partial charge < -0.3 is 10.5 Å². The second-order valence-corrected chi connectivity index (χ2v) is 6.09. The molecule has 1 aliphatic rings. The van der Waals surface area contributed by atoms with Crippen molar-refractivity contribution in [3.8, 4) is 0 Å². The number of ether oxygens (including phenoxy) is 1. The highest BCUT2D eigenvalue weighted by atomic mass is 32.2. The molecule has 96 valence electrons. The van der Waals surface area contributed by atoms with Crippen LogP contribution in [0, 0.1) is 0 Å². The van der Waals surface area contributed by atoms with Crippen LogP contribution >= 0.6 is 11.8 Å². The normalized spacial score (nSPS) is 23.2. The Hall–Kier alpha value is 0.230. The largest absolute Gasteiger partial charge is 0.373 e. The Morgan fingerprint density at radius 2 is 2.25 bits per heavy atom. The van der Waals surface area contributed by atoms with Crippen LogP contribution in [0.5, 0.6) is 0 Å². The quantitative estimate of drug-likeness (QED) is 0.722. The van der Waals surface area contributed by atoms with Gasteiger partial charge in [-0.1, -0.05) is 0 Å². The maximum absolute atomic E-state index is 5.89. The van der Waals surface area contributed by atoms with Crippen molar-refractivity contribution >= 4 is 11.8 Å². The van der Waals surface area contributed by atoms with Crippen molar-refractivity contribution in [2.24, 2.45) is 5.73 Å². The van der Waals surface area contributed by atoms with Gasteiger partial charge in [-0.25, -0.2) is 0 Å². The van der Waals surface area contributed by atoms with Crippen molar-refractivity contribution in [3.63, 3.8) is 0 Å². The summed E-state index contributed by atoms with van der Waals surface area (Å²) in [6.45, 7) is 7.97. The van der Waals surface area contributed by atoms with Crippen LogP contribution in [0.1, 0.15) is 26.7 Å². The van der Waals surface area contributed by atoms with E-state index in [1.165, 1.54) is 18.6 Å². The molecule has 3 nitrogen and oxygen atoms in total. The molecule has 1 unspecified atom stereocenters. The Bertz CT molecular complexity index is 199. The number of nitrogens with two attached hydrogens (primary N) is 1. The van der Waals surface area contributed by atoms with Crippen LogP contribution in [0.25, 0.3) is 0 Å². The van der Waals surface area contributed by atoms with E-state index in [2.05, 4.69) is 25.0 Å². The first-order valence-electron chi connectivity index (χ1n) is 6.16. The highest BCUT2D eigenvalue weighted by Gasteiger charge is 2.30. The fraction of sp³-hybridized carbons (Fsp3) is 1.00. The maximum atomic E-state index is 5.89. The second kappa shape index (κ2) is 6.84. The van der Waals surface area contributed by atoms with Crippen molar-refractivity contribution in [3.05, 3.63) is 0 Å². The molecule has 0 aromatic carbocycles. The van der Waals surface area contributed by atoms with Crippen molar-refractivity contribution in [1.29, 1.82) is 0 Å². The highest BCUT2D eigenvalue weighted by Crippen LogP contribution is 2.20. The SMILES string of the molecule is CSCCCC(CN)N1CCOC(C)(C)C1. The first kappa shape index (κ1) is 14.3. The van der Waals surface area contributed by atoms with Crippen LogP contribution in [0.2, 0.25) is 0 Å². The van der Waals surface area contributed by atoms with Gasteiger partial charge in [0.25, 0.3) is 0 Å². The van der Waals surface area contributed by atoms with Crippen molar-refractivity contribution in [2.45, 2.75) is 38.3 Å². The monoisotopic (exact) mass is 246 g/mol. The molecule has 1 aliphatic heterocycles. The van der Waals surface area contributed by atoms with Gasteiger partial charge in [0.2, 0.25) is 0 Å². The third-order valence-electron chi connectivity index (χ3n) is 3.13. The zero-order valence-electron chi connectivity index (χ0n) is 10.9. The lowest BCUT2D eigenvalue weighted by Crippen LogP contribution is -2.54. The Balaban J connectivity index is 2.39. The summed E-state index contributed by atoms with van der Waals surface area (Å²) in [5, 5.41) is 0. The van der Waals surface area contributed by atoms with E-state index in [9.17, 15) is 0 Å². The van der Waals surface area contributed by atoms with Gasteiger partial charge in [0, 0.05) is 25.7 Å². The number of nitrogens with zero attached hydrogens (tertiary/aromatic N) is 1. The van der Waals surface area contributed by atoms with E-state index in [1.807, 2.05) is 11.8 Å². The molecule has 4 heteroatoms. The lowest BCUT2D eigenvalue weighted by molar-refractivity contribution is -0.0968. The number of thioether (sulfide) groups is 1. The molecule has 1 fully saturated rings. The Labute approximate surface area is 104 Å². The van der Waals surface area contributed by atoms with Crippen molar-refractivity contribution < 1.29 is 4.74 Å². The summed E-state index contributed by atoms with van der Waals surface area (Å²) in [6.07, 6.45) is 4.64. The highest BCUT2D eigenvalue weighted by molar-refractivity contribution is 7.98. The lowest BCUT2D eigenvalue weighted by atomic mass is 10.0. The minimum Gasteiger partial charge on any atom is -0.373 e. The van der Waals surface area contributed by atoms with Crippen LogP contribution in [0.4, 0.5) is 0 Å². The van der Waals surface area contributed by atoms with Crippen molar-refractivity contribution in [1.82, 2.24) is 4.90 Å². The van der Waals surface area contributed by atoms with E-state index in [1.54, 1.807) is 0 Å². The first-order chi connectivity index (χ1) is 7.59. The smallest absolute Gasteiger partial charge is 0.0753 e. The summed E-state index contributed by atoms with van der Waals surface area (Å²) < 4.78 is 5.73. The summed E-state index contributed by atoms with van der Waals surface area (Å²) in [5.74, 6) is 1.24.